The molecule has 0 radical (unpaired) electrons. The van der Waals surface area contributed by atoms with Crippen molar-refractivity contribution in [2.45, 2.75) is 13.8 Å². The predicted octanol–water partition coefficient (Wildman–Crippen LogP) is 7.54. The number of rotatable bonds is 5. The van der Waals surface area contributed by atoms with E-state index in [0.717, 1.165) is 28.0 Å². The van der Waals surface area contributed by atoms with Crippen molar-refractivity contribution in [3.8, 4) is 22.8 Å². The van der Waals surface area contributed by atoms with Crippen LogP contribution >= 0.6 is 28.3 Å². The van der Waals surface area contributed by atoms with E-state index in [1.54, 1.807) is 11.3 Å². The molecule has 0 saturated carbocycles. The molecule has 0 fully saturated rings. The zero-order valence-corrected chi connectivity index (χ0v) is 18.2. The second-order valence-electron chi connectivity index (χ2n) is 6.42. The fourth-order valence-corrected chi connectivity index (χ4v) is 3.55. The summed E-state index contributed by atoms with van der Waals surface area (Å²) in [7, 11) is 0. The number of nitrogens with zero attached hydrogens (tertiary/aromatic N) is 1. The Balaban J connectivity index is 0.00000225. The highest BCUT2D eigenvalue weighted by Gasteiger charge is 2.08. The Bertz CT molecular complexity index is 1050. The number of ether oxygens (including phenoxy) is 1. The summed E-state index contributed by atoms with van der Waals surface area (Å²) in [6.45, 7) is 4.22. The molecule has 1 heterocycles. The van der Waals surface area contributed by atoms with Gasteiger partial charge in [0, 0.05) is 16.6 Å². The van der Waals surface area contributed by atoms with Gasteiger partial charge in [-0.1, -0.05) is 35.9 Å². The van der Waals surface area contributed by atoms with Gasteiger partial charge in [-0.25, -0.2) is 4.98 Å². The molecule has 0 atom stereocenters. The number of benzene rings is 3. The van der Waals surface area contributed by atoms with Crippen LogP contribution < -0.4 is 10.1 Å². The molecule has 0 aliphatic heterocycles. The zero-order chi connectivity index (χ0) is 18.6. The monoisotopic (exact) mass is 452 g/mol. The minimum absolute atomic E-state index is 0. The van der Waals surface area contributed by atoms with Crippen LogP contribution in [0.15, 0.2) is 78.2 Å². The van der Waals surface area contributed by atoms with Crippen molar-refractivity contribution < 1.29 is 4.74 Å². The third-order valence-electron chi connectivity index (χ3n) is 4.26. The molecule has 0 amide bonds. The average molecular weight is 453 g/mol. The van der Waals surface area contributed by atoms with Crippen LogP contribution in [-0.2, 0) is 0 Å². The fraction of sp³-hybridized carbons (Fsp3) is 0.0870. The summed E-state index contributed by atoms with van der Waals surface area (Å²) < 4.78 is 5.83. The van der Waals surface area contributed by atoms with Gasteiger partial charge in [-0.15, -0.1) is 28.3 Å². The topological polar surface area (TPSA) is 34.1 Å². The first-order valence-corrected chi connectivity index (χ1v) is 9.68. The largest absolute Gasteiger partial charge is 0.457 e. The summed E-state index contributed by atoms with van der Waals surface area (Å²) in [4.78, 5) is 4.74. The maximum atomic E-state index is 5.83. The number of hydrogen-bond acceptors (Lipinski definition) is 4. The van der Waals surface area contributed by atoms with Gasteiger partial charge in [0.2, 0.25) is 0 Å². The normalized spacial score (nSPS) is 10.2. The predicted molar refractivity (Wildman–Crippen MR) is 124 cm³/mol. The lowest BCUT2D eigenvalue weighted by Crippen LogP contribution is -1.91. The lowest BCUT2D eigenvalue weighted by molar-refractivity contribution is 0.483. The Labute approximate surface area is 179 Å². The molecular weight excluding hydrogens is 432 g/mol. The summed E-state index contributed by atoms with van der Waals surface area (Å²) >= 11 is 1.61. The van der Waals surface area contributed by atoms with Crippen molar-refractivity contribution in [1.82, 2.24) is 4.98 Å². The lowest BCUT2D eigenvalue weighted by Gasteiger charge is -2.07. The van der Waals surface area contributed by atoms with Crippen molar-refractivity contribution in [2.75, 3.05) is 5.32 Å². The number of para-hydroxylation sites is 1. The second kappa shape index (κ2) is 9.04. The molecule has 1 N–H and O–H groups in total. The maximum absolute atomic E-state index is 5.83. The molecule has 0 bridgehead atoms. The van der Waals surface area contributed by atoms with E-state index in [-0.39, 0.29) is 17.0 Å². The maximum Gasteiger partial charge on any atom is 0.187 e. The number of aryl methyl sites for hydroxylation is 2. The second-order valence-corrected chi connectivity index (χ2v) is 7.28. The van der Waals surface area contributed by atoms with Crippen LogP contribution in [-0.4, -0.2) is 4.98 Å². The average Bonchev–Trinajstić information content (AvgIpc) is 3.14. The van der Waals surface area contributed by atoms with Gasteiger partial charge in [0.05, 0.1) is 5.69 Å². The Hall–Kier alpha value is -2.63. The zero-order valence-electron chi connectivity index (χ0n) is 15.7. The minimum atomic E-state index is 0. The van der Waals surface area contributed by atoms with Crippen molar-refractivity contribution >= 4 is 39.1 Å². The van der Waals surface area contributed by atoms with Crippen LogP contribution in [0, 0.1) is 13.8 Å². The van der Waals surface area contributed by atoms with Crippen molar-refractivity contribution in [2.24, 2.45) is 0 Å². The third kappa shape index (κ3) is 4.80. The molecule has 1 aromatic heterocycles. The standard InChI is InChI=1S/C23H20N2OS.BrH/c1-16-8-9-17(2)21(14-16)22-15-27-23(25-22)24-18-10-12-20(13-11-18)26-19-6-4-3-5-7-19;/h3-15H,1-2H3,(H,24,25);1H. The SMILES string of the molecule is Br.Cc1ccc(C)c(-c2csc(Nc3ccc(Oc4ccccc4)cc3)n2)c1. The van der Waals surface area contributed by atoms with E-state index in [2.05, 4.69) is 42.7 Å². The van der Waals surface area contributed by atoms with Crippen LogP contribution in [0.3, 0.4) is 0 Å². The molecule has 5 heteroatoms. The summed E-state index contributed by atoms with van der Waals surface area (Å²) in [6, 6.07) is 24.1. The minimum Gasteiger partial charge on any atom is -0.457 e. The molecule has 0 spiro atoms. The molecule has 28 heavy (non-hydrogen) atoms. The van der Waals surface area contributed by atoms with E-state index in [1.165, 1.54) is 16.7 Å². The van der Waals surface area contributed by atoms with Gasteiger partial charge in [0.15, 0.2) is 5.13 Å². The molecule has 0 aliphatic rings. The molecule has 4 aromatic rings. The summed E-state index contributed by atoms with van der Waals surface area (Å²) in [5, 5.41) is 6.34. The van der Waals surface area contributed by atoms with Crippen molar-refractivity contribution in [1.29, 1.82) is 0 Å². The molecular formula is C23H21BrN2OS. The molecule has 0 aliphatic carbocycles. The number of halogens is 1. The van der Waals surface area contributed by atoms with Crippen molar-refractivity contribution in [3.63, 3.8) is 0 Å². The van der Waals surface area contributed by atoms with E-state index in [4.69, 9.17) is 9.72 Å². The molecule has 142 valence electrons. The summed E-state index contributed by atoms with van der Waals surface area (Å²) in [5.74, 6) is 1.64. The molecule has 0 unspecified atom stereocenters. The Kier molecular flexibility index (Phi) is 6.49. The van der Waals surface area contributed by atoms with Crippen LogP contribution in [0.4, 0.5) is 10.8 Å². The van der Waals surface area contributed by atoms with Crippen molar-refractivity contribution in [3.05, 3.63) is 89.3 Å². The van der Waals surface area contributed by atoms with E-state index in [9.17, 15) is 0 Å². The first-order valence-electron chi connectivity index (χ1n) is 8.80. The van der Waals surface area contributed by atoms with E-state index in [1.807, 2.05) is 54.6 Å². The van der Waals surface area contributed by atoms with Gasteiger partial charge in [0.25, 0.3) is 0 Å². The quantitative estimate of drug-likeness (QED) is 0.339. The Morgan fingerprint density at radius 1 is 0.857 bits per heavy atom. The summed E-state index contributed by atoms with van der Waals surface area (Å²) in [6.07, 6.45) is 0. The number of nitrogens with one attached hydrogen (secondary N) is 1. The van der Waals surface area contributed by atoms with E-state index < -0.39 is 0 Å². The molecule has 4 rings (SSSR count). The van der Waals surface area contributed by atoms with Crippen LogP contribution in [0.25, 0.3) is 11.3 Å². The number of aromatic nitrogens is 1. The van der Waals surface area contributed by atoms with Gasteiger partial charge in [-0.3, -0.25) is 0 Å². The summed E-state index contributed by atoms with van der Waals surface area (Å²) in [5.41, 5.74) is 5.66. The number of thiazole rings is 1. The Morgan fingerprint density at radius 3 is 2.32 bits per heavy atom. The fourth-order valence-electron chi connectivity index (χ4n) is 2.82. The molecule has 3 aromatic carbocycles. The third-order valence-corrected chi connectivity index (χ3v) is 5.02. The van der Waals surface area contributed by atoms with Gasteiger partial charge in [0.1, 0.15) is 11.5 Å². The lowest BCUT2D eigenvalue weighted by atomic mass is 10.0. The smallest absolute Gasteiger partial charge is 0.187 e. The highest BCUT2D eigenvalue weighted by Crippen LogP contribution is 2.30. The van der Waals surface area contributed by atoms with Gasteiger partial charge >= 0.3 is 0 Å². The number of anilines is 2. The van der Waals surface area contributed by atoms with Gasteiger partial charge in [-0.05, 0) is 61.9 Å². The van der Waals surface area contributed by atoms with Gasteiger partial charge < -0.3 is 10.1 Å². The van der Waals surface area contributed by atoms with Crippen LogP contribution in [0.1, 0.15) is 11.1 Å². The number of hydrogen-bond donors (Lipinski definition) is 1. The van der Waals surface area contributed by atoms with Gasteiger partial charge in [-0.2, -0.15) is 0 Å². The molecule has 0 saturated heterocycles. The van der Waals surface area contributed by atoms with Crippen LogP contribution in [0.2, 0.25) is 0 Å². The van der Waals surface area contributed by atoms with E-state index >= 15 is 0 Å². The van der Waals surface area contributed by atoms with Crippen LogP contribution in [0.5, 0.6) is 11.5 Å². The Morgan fingerprint density at radius 2 is 1.57 bits per heavy atom. The first kappa shape index (κ1) is 20.1. The molecule has 3 nitrogen and oxygen atoms in total. The highest BCUT2D eigenvalue weighted by atomic mass is 79.9. The first-order chi connectivity index (χ1) is 13.2. The highest BCUT2D eigenvalue weighted by molar-refractivity contribution is 8.93. The van der Waals surface area contributed by atoms with E-state index in [0.29, 0.717) is 0 Å².